The first-order valence-electron chi connectivity index (χ1n) is 5.72. The molecule has 1 saturated carbocycles. The van der Waals surface area contributed by atoms with E-state index in [4.69, 9.17) is 14.6 Å². The minimum atomic E-state index is -3.84. The summed E-state index contributed by atoms with van der Waals surface area (Å²) in [5.41, 5.74) is 0. The molecule has 1 heterocycles. The summed E-state index contributed by atoms with van der Waals surface area (Å²) in [6, 6.07) is 1.30. The van der Waals surface area contributed by atoms with Crippen LogP contribution in [0.3, 0.4) is 0 Å². The van der Waals surface area contributed by atoms with Crippen molar-refractivity contribution in [2.45, 2.75) is 43.9 Å². The van der Waals surface area contributed by atoms with E-state index in [0.717, 1.165) is 12.8 Å². The van der Waals surface area contributed by atoms with Crippen LogP contribution in [0.25, 0.3) is 0 Å². The third-order valence-corrected chi connectivity index (χ3v) is 3.08. The lowest BCUT2D eigenvalue weighted by atomic mass is 10.4. The number of aromatic nitrogens is 1. The third-order valence-electron chi connectivity index (χ3n) is 2.28. The van der Waals surface area contributed by atoms with Crippen molar-refractivity contribution < 1.29 is 17.9 Å². The topological polar surface area (TPSA) is 91.5 Å². The zero-order valence-corrected chi connectivity index (χ0v) is 11.1. The Labute approximate surface area is 106 Å². The van der Waals surface area contributed by atoms with Crippen LogP contribution in [0.1, 0.15) is 26.7 Å². The highest BCUT2D eigenvalue weighted by atomic mass is 32.2. The number of nitrogens with two attached hydrogens (primary N) is 1. The van der Waals surface area contributed by atoms with Crippen molar-refractivity contribution in [2.75, 3.05) is 0 Å². The van der Waals surface area contributed by atoms with Gasteiger partial charge in [0.25, 0.3) is 10.0 Å². The summed E-state index contributed by atoms with van der Waals surface area (Å²) >= 11 is 0. The standard InChI is InChI=1S/C11H16N2O4S/c1-7(2)16-9-5-11(18(12,14)15)13-6-10(9)17-8-3-4-8/h5-8H,3-4H2,1-2H3,(H2,12,14,15). The molecule has 2 N–H and O–H groups in total. The average molecular weight is 272 g/mol. The predicted octanol–water partition coefficient (Wildman–Crippen LogP) is 1.06. The molecule has 6 nitrogen and oxygen atoms in total. The molecule has 0 aromatic carbocycles. The van der Waals surface area contributed by atoms with Gasteiger partial charge in [0.15, 0.2) is 16.5 Å². The maximum atomic E-state index is 11.2. The molecule has 0 bridgehead atoms. The summed E-state index contributed by atoms with van der Waals surface area (Å²) in [6.45, 7) is 3.69. The summed E-state index contributed by atoms with van der Waals surface area (Å²) < 4.78 is 33.6. The Morgan fingerprint density at radius 3 is 2.56 bits per heavy atom. The quantitative estimate of drug-likeness (QED) is 0.865. The molecular weight excluding hydrogens is 256 g/mol. The molecule has 0 radical (unpaired) electrons. The highest BCUT2D eigenvalue weighted by Crippen LogP contribution is 2.34. The highest BCUT2D eigenvalue weighted by Gasteiger charge is 2.26. The van der Waals surface area contributed by atoms with Crippen LogP contribution in [-0.2, 0) is 10.0 Å². The zero-order valence-electron chi connectivity index (χ0n) is 10.3. The van der Waals surface area contributed by atoms with E-state index in [0.29, 0.717) is 11.5 Å². The van der Waals surface area contributed by atoms with Gasteiger partial charge in [-0.05, 0) is 26.7 Å². The van der Waals surface area contributed by atoms with Gasteiger partial charge < -0.3 is 9.47 Å². The van der Waals surface area contributed by atoms with Crippen LogP contribution in [0.2, 0.25) is 0 Å². The molecule has 1 aliphatic carbocycles. The SMILES string of the molecule is CC(C)Oc1cc(S(N)(=O)=O)ncc1OC1CC1. The van der Waals surface area contributed by atoms with Crippen LogP contribution in [0.5, 0.6) is 11.5 Å². The van der Waals surface area contributed by atoms with Gasteiger partial charge in [-0.1, -0.05) is 0 Å². The van der Waals surface area contributed by atoms with E-state index < -0.39 is 10.0 Å². The van der Waals surface area contributed by atoms with Gasteiger partial charge in [-0.25, -0.2) is 18.5 Å². The summed E-state index contributed by atoms with van der Waals surface area (Å²) in [4.78, 5) is 3.78. The molecule has 100 valence electrons. The summed E-state index contributed by atoms with van der Waals surface area (Å²) in [6.07, 6.45) is 3.43. The van der Waals surface area contributed by atoms with Crippen molar-refractivity contribution in [1.82, 2.24) is 4.98 Å². The van der Waals surface area contributed by atoms with E-state index in [-0.39, 0.29) is 17.2 Å². The van der Waals surface area contributed by atoms with E-state index in [2.05, 4.69) is 4.98 Å². The molecule has 1 aromatic rings. The molecule has 0 saturated heterocycles. The number of primary sulfonamides is 1. The van der Waals surface area contributed by atoms with Gasteiger partial charge in [0, 0.05) is 6.07 Å². The Morgan fingerprint density at radius 2 is 2.06 bits per heavy atom. The maximum absolute atomic E-state index is 11.2. The average Bonchev–Trinajstić information content (AvgIpc) is 3.02. The van der Waals surface area contributed by atoms with Crippen molar-refractivity contribution in [3.8, 4) is 11.5 Å². The largest absolute Gasteiger partial charge is 0.487 e. The second-order valence-electron chi connectivity index (χ2n) is 4.50. The Kier molecular flexibility index (Phi) is 3.45. The van der Waals surface area contributed by atoms with Crippen molar-refractivity contribution in [3.63, 3.8) is 0 Å². The number of sulfonamides is 1. The van der Waals surface area contributed by atoms with Gasteiger partial charge in [-0.3, -0.25) is 0 Å². The van der Waals surface area contributed by atoms with E-state index in [1.807, 2.05) is 13.8 Å². The fraction of sp³-hybridized carbons (Fsp3) is 0.545. The van der Waals surface area contributed by atoms with Gasteiger partial charge in [0.2, 0.25) is 0 Å². The Bertz CT molecular complexity index is 538. The summed E-state index contributed by atoms with van der Waals surface area (Å²) in [5.74, 6) is 0.814. The smallest absolute Gasteiger partial charge is 0.255 e. The van der Waals surface area contributed by atoms with Gasteiger partial charge in [0.05, 0.1) is 18.4 Å². The zero-order chi connectivity index (χ0) is 13.3. The van der Waals surface area contributed by atoms with E-state index in [1.165, 1.54) is 12.3 Å². The fourth-order valence-electron chi connectivity index (χ4n) is 1.36. The molecule has 0 amide bonds. The van der Waals surface area contributed by atoms with Gasteiger partial charge in [0.1, 0.15) is 0 Å². The Morgan fingerprint density at radius 1 is 1.39 bits per heavy atom. The molecule has 0 unspecified atom stereocenters. The lowest BCUT2D eigenvalue weighted by Gasteiger charge is -2.15. The van der Waals surface area contributed by atoms with Crippen molar-refractivity contribution in [1.29, 1.82) is 0 Å². The number of nitrogens with zero attached hydrogens (tertiary/aromatic N) is 1. The first-order valence-corrected chi connectivity index (χ1v) is 7.27. The maximum Gasteiger partial charge on any atom is 0.255 e. The van der Waals surface area contributed by atoms with Crippen LogP contribution >= 0.6 is 0 Å². The molecule has 0 atom stereocenters. The first-order chi connectivity index (χ1) is 8.36. The minimum absolute atomic E-state index is 0.0951. The van der Waals surface area contributed by atoms with E-state index >= 15 is 0 Å². The number of hydrogen-bond donors (Lipinski definition) is 1. The summed E-state index contributed by atoms with van der Waals surface area (Å²) in [7, 11) is -3.84. The molecule has 1 fully saturated rings. The second kappa shape index (κ2) is 4.74. The van der Waals surface area contributed by atoms with Crippen molar-refractivity contribution in [2.24, 2.45) is 5.14 Å². The van der Waals surface area contributed by atoms with E-state index in [9.17, 15) is 8.42 Å². The van der Waals surface area contributed by atoms with Crippen LogP contribution in [-0.4, -0.2) is 25.6 Å². The monoisotopic (exact) mass is 272 g/mol. The number of rotatable bonds is 5. The summed E-state index contributed by atoms with van der Waals surface area (Å²) in [5, 5.41) is 4.81. The number of hydrogen-bond acceptors (Lipinski definition) is 5. The molecular formula is C11H16N2O4S. The molecule has 0 spiro atoms. The van der Waals surface area contributed by atoms with Crippen LogP contribution in [0.15, 0.2) is 17.3 Å². The van der Waals surface area contributed by atoms with E-state index in [1.54, 1.807) is 0 Å². The van der Waals surface area contributed by atoms with Crippen LogP contribution in [0, 0.1) is 0 Å². The first kappa shape index (κ1) is 13.1. The fourth-order valence-corrected chi connectivity index (χ4v) is 1.83. The normalized spacial score (nSPS) is 15.8. The lowest BCUT2D eigenvalue weighted by Crippen LogP contribution is -2.15. The Hall–Kier alpha value is -1.34. The molecule has 1 aliphatic rings. The highest BCUT2D eigenvalue weighted by molar-refractivity contribution is 7.89. The van der Waals surface area contributed by atoms with Crippen LogP contribution < -0.4 is 14.6 Å². The lowest BCUT2D eigenvalue weighted by molar-refractivity contribution is 0.216. The van der Waals surface area contributed by atoms with Gasteiger partial charge >= 0.3 is 0 Å². The molecule has 18 heavy (non-hydrogen) atoms. The molecule has 1 aromatic heterocycles. The third kappa shape index (κ3) is 3.33. The molecule has 7 heteroatoms. The number of ether oxygens (including phenoxy) is 2. The van der Waals surface area contributed by atoms with Crippen molar-refractivity contribution in [3.05, 3.63) is 12.3 Å². The second-order valence-corrected chi connectivity index (χ2v) is 6.01. The number of pyridine rings is 1. The van der Waals surface area contributed by atoms with Gasteiger partial charge in [-0.2, -0.15) is 0 Å². The van der Waals surface area contributed by atoms with Crippen molar-refractivity contribution >= 4 is 10.0 Å². The minimum Gasteiger partial charge on any atom is -0.487 e. The van der Waals surface area contributed by atoms with Gasteiger partial charge in [-0.15, -0.1) is 0 Å². The predicted molar refractivity (Wildman–Crippen MR) is 65.0 cm³/mol. The molecule has 2 rings (SSSR count). The Balaban J connectivity index is 2.33. The molecule has 0 aliphatic heterocycles. The van der Waals surface area contributed by atoms with Crippen LogP contribution in [0.4, 0.5) is 0 Å².